The van der Waals surface area contributed by atoms with E-state index in [1.807, 2.05) is 13.0 Å². The van der Waals surface area contributed by atoms with Crippen LogP contribution in [-0.4, -0.2) is 10.7 Å². The first-order valence-corrected chi connectivity index (χ1v) is 4.32. The molecule has 1 rings (SSSR count). The van der Waals surface area contributed by atoms with Gasteiger partial charge in [-0.05, 0) is 37.3 Å². The maximum absolute atomic E-state index is 10.2. The molecule has 0 aromatic heterocycles. The van der Waals surface area contributed by atoms with Gasteiger partial charge in [0.05, 0.1) is 0 Å². The van der Waals surface area contributed by atoms with Crippen LogP contribution in [0.25, 0.3) is 0 Å². The number of hydrogen-bond donors (Lipinski definition) is 1. The Bertz CT molecular complexity index is 237. The number of rotatable bonds is 2. The topological polar surface area (TPSA) is 20.2 Å². The smallest absolute Gasteiger partial charge is 0.110 e. The summed E-state index contributed by atoms with van der Waals surface area (Å²) < 4.78 is 0. The van der Waals surface area contributed by atoms with Crippen LogP contribution in [0.15, 0.2) is 36.5 Å². The summed E-state index contributed by atoms with van der Waals surface area (Å²) in [5.41, 5.74) is 0.926. The minimum absolute atomic E-state index is 0.778. The Hall–Kier alpha value is -0.820. The molecule has 0 heterocycles. The molecule has 1 N–H and O–H groups in total. The minimum atomic E-state index is -0.806. The van der Waals surface area contributed by atoms with Crippen LogP contribution in [0.1, 0.15) is 26.2 Å². The van der Waals surface area contributed by atoms with E-state index >= 15 is 0 Å². The summed E-state index contributed by atoms with van der Waals surface area (Å²) >= 11 is 0. The predicted molar refractivity (Wildman–Crippen MR) is 51.9 cm³/mol. The maximum Gasteiger partial charge on any atom is 0.110 e. The monoisotopic (exact) mass is 164 g/mol. The molecule has 1 heteroatoms. The molecule has 1 nitrogen and oxygen atoms in total. The normalized spacial score (nSPS) is 29.3. The van der Waals surface area contributed by atoms with Gasteiger partial charge in [-0.2, -0.15) is 0 Å². The molecule has 1 aliphatic carbocycles. The van der Waals surface area contributed by atoms with E-state index in [4.69, 9.17) is 0 Å². The van der Waals surface area contributed by atoms with Gasteiger partial charge in [-0.15, -0.1) is 0 Å². The van der Waals surface area contributed by atoms with Crippen molar-refractivity contribution in [1.82, 2.24) is 0 Å². The Morgan fingerprint density at radius 1 is 1.75 bits per heavy atom. The van der Waals surface area contributed by atoms with Crippen LogP contribution >= 0.6 is 0 Å². The number of hydrogen-bond acceptors (Lipinski definition) is 1. The summed E-state index contributed by atoms with van der Waals surface area (Å²) in [7, 11) is 0. The van der Waals surface area contributed by atoms with E-state index in [-0.39, 0.29) is 0 Å². The first-order valence-electron chi connectivity index (χ1n) is 4.32. The third-order valence-electron chi connectivity index (χ3n) is 2.51. The summed E-state index contributed by atoms with van der Waals surface area (Å²) in [6.07, 6.45) is 6.62. The average molecular weight is 164 g/mol. The second kappa shape index (κ2) is 3.28. The minimum Gasteiger partial charge on any atom is -0.381 e. The van der Waals surface area contributed by atoms with Crippen molar-refractivity contribution in [2.45, 2.75) is 31.8 Å². The quantitative estimate of drug-likeness (QED) is 0.622. The Morgan fingerprint density at radius 2 is 2.42 bits per heavy atom. The molecule has 0 spiro atoms. The summed E-state index contributed by atoms with van der Waals surface area (Å²) in [5, 5.41) is 10.2. The van der Waals surface area contributed by atoms with Crippen LogP contribution in [0.4, 0.5) is 0 Å². The molecule has 0 aromatic rings. The standard InChI is InChI=1S/C11H16O/c1-4-10-7-5-6-8-11(10,12)9(2)3/h4,7,12H,1-2,5-6,8H2,3H3/t11-/m0/s1. The molecule has 0 fully saturated rings. The van der Waals surface area contributed by atoms with Gasteiger partial charge in [-0.25, -0.2) is 0 Å². The number of allylic oxidation sites excluding steroid dienone is 1. The van der Waals surface area contributed by atoms with Gasteiger partial charge in [-0.1, -0.05) is 25.3 Å². The van der Waals surface area contributed by atoms with Gasteiger partial charge in [0.15, 0.2) is 0 Å². The predicted octanol–water partition coefficient (Wildman–Crippen LogP) is 2.59. The van der Waals surface area contributed by atoms with Crippen molar-refractivity contribution >= 4 is 0 Å². The van der Waals surface area contributed by atoms with Gasteiger partial charge in [0.2, 0.25) is 0 Å². The van der Waals surface area contributed by atoms with Crippen LogP contribution in [0, 0.1) is 0 Å². The van der Waals surface area contributed by atoms with Crippen molar-refractivity contribution in [1.29, 1.82) is 0 Å². The van der Waals surface area contributed by atoms with Gasteiger partial charge in [0, 0.05) is 0 Å². The Balaban J connectivity index is 3.01. The SMILES string of the molecule is C=CC1=CCCC[C@]1(O)C(=C)C. The molecule has 0 amide bonds. The lowest BCUT2D eigenvalue weighted by Gasteiger charge is -2.33. The highest BCUT2D eigenvalue weighted by Crippen LogP contribution is 2.34. The van der Waals surface area contributed by atoms with E-state index in [2.05, 4.69) is 13.2 Å². The summed E-state index contributed by atoms with van der Waals surface area (Å²) in [6.45, 7) is 9.37. The van der Waals surface area contributed by atoms with Gasteiger partial charge in [-0.3, -0.25) is 0 Å². The second-order valence-electron chi connectivity index (χ2n) is 3.40. The van der Waals surface area contributed by atoms with Gasteiger partial charge in [0.25, 0.3) is 0 Å². The highest BCUT2D eigenvalue weighted by atomic mass is 16.3. The van der Waals surface area contributed by atoms with Crippen molar-refractivity contribution in [2.24, 2.45) is 0 Å². The van der Waals surface area contributed by atoms with Crippen molar-refractivity contribution < 1.29 is 5.11 Å². The molecule has 0 aromatic carbocycles. The fourth-order valence-corrected chi connectivity index (χ4v) is 1.64. The zero-order valence-corrected chi connectivity index (χ0v) is 7.64. The summed E-state index contributed by atoms with van der Waals surface area (Å²) in [4.78, 5) is 0. The van der Waals surface area contributed by atoms with Gasteiger partial charge in [0.1, 0.15) is 5.60 Å². The van der Waals surface area contributed by atoms with Crippen molar-refractivity contribution in [2.75, 3.05) is 0 Å². The van der Waals surface area contributed by atoms with E-state index in [1.165, 1.54) is 0 Å². The molecule has 0 aliphatic heterocycles. The summed E-state index contributed by atoms with van der Waals surface area (Å²) in [6, 6.07) is 0. The van der Waals surface area contributed by atoms with Crippen LogP contribution in [0.5, 0.6) is 0 Å². The maximum atomic E-state index is 10.2. The second-order valence-corrected chi connectivity index (χ2v) is 3.40. The molecular formula is C11H16O. The van der Waals surface area contributed by atoms with Crippen molar-refractivity contribution in [3.05, 3.63) is 36.5 Å². The van der Waals surface area contributed by atoms with Crippen molar-refractivity contribution in [3.8, 4) is 0 Å². The van der Waals surface area contributed by atoms with Crippen molar-refractivity contribution in [3.63, 3.8) is 0 Å². The first kappa shape index (κ1) is 9.27. The highest BCUT2D eigenvalue weighted by molar-refractivity contribution is 5.37. The lowest BCUT2D eigenvalue weighted by Crippen LogP contribution is -2.33. The average Bonchev–Trinajstić information content (AvgIpc) is 2.05. The van der Waals surface area contributed by atoms with E-state index in [1.54, 1.807) is 6.08 Å². The largest absolute Gasteiger partial charge is 0.381 e. The van der Waals surface area contributed by atoms with E-state index in [9.17, 15) is 5.11 Å². The molecule has 1 aliphatic rings. The highest BCUT2D eigenvalue weighted by Gasteiger charge is 2.32. The lowest BCUT2D eigenvalue weighted by atomic mass is 9.79. The fraction of sp³-hybridized carbons (Fsp3) is 0.455. The van der Waals surface area contributed by atoms with E-state index < -0.39 is 5.60 Å². The Labute approximate surface area is 74.1 Å². The molecule has 0 radical (unpaired) electrons. The molecule has 1 atom stereocenters. The zero-order chi connectivity index (χ0) is 9.19. The van der Waals surface area contributed by atoms with E-state index in [0.29, 0.717) is 0 Å². The Kier molecular flexibility index (Phi) is 2.53. The molecule has 0 unspecified atom stereocenters. The van der Waals surface area contributed by atoms with Crippen LogP contribution < -0.4 is 0 Å². The lowest BCUT2D eigenvalue weighted by molar-refractivity contribution is 0.103. The Morgan fingerprint density at radius 3 is 2.83 bits per heavy atom. The van der Waals surface area contributed by atoms with Crippen LogP contribution in [0.3, 0.4) is 0 Å². The third kappa shape index (κ3) is 1.37. The molecular weight excluding hydrogens is 148 g/mol. The molecule has 0 bridgehead atoms. The van der Waals surface area contributed by atoms with Crippen LogP contribution in [-0.2, 0) is 0 Å². The van der Waals surface area contributed by atoms with Crippen LogP contribution in [0.2, 0.25) is 0 Å². The molecule has 66 valence electrons. The van der Waals surface area contributed by atoms with Gasteiger partial charge >= 0.3 is 0 Å². The molecule has 0 saturated heterocycles. The fourth-order valence-electron chi connectivity index (χ4n) is 1.64. The first-order chi connectivity index (χ1) is 5.61. The zero-order valence-electron chi connectivity index (χ0n) is 7.64. The molecule has 12 heavy (non-hydrogen) atoms. The van der Waals surface area contributed by atoms with E-state index in [0.717, 1.165) is 30.4 Å². The summed E-state index contributed by atoms with van der Waals surface area (Å²) in [5.74, 6) is 0. The number of aliphatic hydroxyl groups is 1. The third-order valence-corrected chi connectivity index (χ3v) is 2.51. The van der Waals surface area contributed by atoms with Gasteiger partial charge < -0.3 is 5.11 Å². The molecule has 0 saturated carbocycles.